The molecule has 2 aromatic carbocycles. The Balaban J connectivity index is 0.00000150. The monoisotopic (exact) mass is 582 g/mol. The minimum atomic E-state index is -2.33. The Kier molecular flexibility index (Phi) is 8.62. The molecule has 0 spiro atoms. The molecule has 0 fully saturated rings. The minimum Gasteiger partial charge on any atom is -1.00 e. The van der Waals surface area contributed by atoms with Gasteiger partial charge >= 0.3 is 183 Å². The summed E-state index contributed by atoms with van der Waals surface area (Å²) in [5.74, 6) is 0.839. The van der Waals surface area contributed by atoms with E-state index in [2.05, 4.69) is 98.2 Å². The number of halogens is 3. The van der Waals surface area contributed by atoms with Crippen molar-refractivity contribution in [1.82, 2.24) is 0 Å². The largest absolute Gasteiger partial charge is 1.00 e. The van der Waals surface area contributed by atoms with E-state index in [-0.39, 0.29) is 24.8 Å². The van der Waals surface area contributed by atoms with E-state index < -0.39 is 19.7 Å². The van der Waals surface area contributed by atoms with Crippen LogP contribution in [0.1, 0.15) is 50.3 Å². The minimum absolute atomic E-state index is 0. The van der Waals surface area contributed by atoms with Crippen molar-refractivity contribution in [3.63, 3.8) is 0 Å². The maximum atomic E-state index is 6.33. The fourth-order valence-corrected chi connectivity index (χ4v) is 13.2. The van der Waals surface area contributed by atoms with E-state index in [1.54, 1.807) is 3.28 Å². The van der Waals surface area contributed by atoms with Gasteiger partial charge in [-0.2, -0.15) is 0 Å². The first-order chi connectivity index (χ1) is 12.9. The molecule has 0 amide bonds. The molecule has 0 bridgehead atoms. The predicted molar refractivity (Wildman–Crippen MR) is 119 cm³/mol. The average Bonchev–Trinajstić information content (AvgIpc) is 3.20. The third kappa shape index (κ3) is 4.28. The van der Waals surface area contributed by atoms with Crippen LogP contribution in [0.5, 0.6) is 0 Å². The molecule has 2 aliphatic carbocycles. The molecule has 2 unspecified atom stereocenters. The molecule has 4 rings (SSSR count). The van der Waals surface area contributed by atoms with Gasteiger partial charge < -0.3 is 24.8 Å². The quantitative estimate of drug-likeness (QED) is 0.523. The van der Waals surface area contributed by atoms with Crippen LogP contribution in [0.3, 0.4) is 0 Å². The Morgan fingerprint density at radius 2 is 1.59 bits per heavy atom. The standard InChI is InChI=1S/C15H10Br.C9H13.2ClH.S.Zr/c16-14-8-4-7-12-9-10-13(15(12)14)11-5-2-1-3-6-11;1-6-5-7(2)9(4)8(6)3;;;;/h1-6,8-10,13H;6H,1-4H3;2*1H;;/q;;;;;+2/p-2. The molecule has 2 atom stereocenters. The molecule has 0 heterocycles. The summed E-state index contributed by atoms with van der Waals surface area (Å²) in [7, 11) is 6.33. The average molecular weight is 586 g/mol. The third-order valence-corrected chi connectivity index (χ3v) is 15.0. The van der Waals surface area contributed by atoms with Gasteiger partial charge in [-0.3, -0.25) is 0 Å². The summed E-state index contributed by atoms with van der Waals surface area (Å²) in [6.45, 7) is 9.17. The summed E-state index contributed by atoms with van der Waals surface area (Å²) < 4.78 is 4.26. The van der Waals surface area contributed by atoms with E-state index in [0.717, 1.165) is 0 Å². The zero-order valence-corrected chi connectivity index (χ0v) is 23.3. The normalized spacial score (nSPS) is 19.4. The maximum absolute atomic E-state index is 6.33. The van der Waals surface area contributed by atoms with Gasteiger partial charge in [0.15, 0.2) is 0 Å². The van der Waals surface area contributed by atoms with Gasteiger partial charge in [0.25, 0.3) is 0 Å². The van der Waals surface area contributed by atoms with Crippen LogP contribution in [-0.4, -0.2) is 0 Å². The second kappa shape index (κ2) is 9.96. The summed E-state index contributed by atoms with van der Waals surface area (Å²) in [5, 5.41) is 0. The third-order valence-electron chi connectivity index (χ3n) is 6.29. The molecule has 0 aliphatic heterocycles. The Labute approximate surface area is 206 Å². The second-order valence-electron chi connectivity index (χ2n) is 7.57. The molecule has 2 aliphatic rings. The van der Waals surface area contributed by atoms with Gasteiger partial charge in [-0.25, -0.2) is 0 Å². The molecule has 0 radical (unpaired) electrons. The van der Waals surface area contributed by atoms with Crippen LogP contribution >= 0.6 is 24.8 Å². The van der Waals surface area contributed by atoms with Crippen LogP contribution in [0.2, 0.25) is 0 Å². The summed E-state index contributed by atoms with van der Waals surface area (Å²) in [5.41, 5.74) is 8.58. The van der Waals surface area contributed by atoms with Crippen LogP contribution in [0, 0.1) is 5.92 Å². The van der Waals surface area contributed by atoms with E-state index >= 15 is 0 Å². The molecular formula is C24H23BrCl2SZr. The summed E-state index contributed by atoms with van der Waals surface area (Å²) in [4.78, 5) is 0. The maximum Gasteiger partial charge on any atom is -1.00 e. The molecule has 0 N–H and O–H groups in total. The topological polar surface area (TPSA) is 0 Å². The van der Waals surface area contributed by atoms with E-state index in [4.69, 9.17) is 8.86 Å². The number of rotatable bonds is 3. The smallest absolute Gasteiger partial charge is 1.00 e. The fourth-order valence-electron chi connectivity index (χ4n) is 4.41. The van der Waals surface area contributed by atoms with Crippen molar-refractivity contribution in [3.05, 3.63) is 89.7 Å². The molecule has 0 nitrogen and oxygen atoms in total. The van der Waals surface area contributed by atoms with Gasteiger partial charge in [-0.05, 0) is 0 Å². The van der Waals surface area contributed by atoms with Gasteiger partial charge in [0.1, 0.15) is 0 Å². The van der Waals surface area contributed by atoms with Crippen LogP contribution < -0.4 is 28.1 Å². The predicted octanol–water partition coefficient (Wildman–Crippen LogP) is 1.23. The molecule has 2 aromatic rings. The molecule has 150 valence electrons. The van der Waals surface area contributed by atoms with Gasteiger partial charge in [0.2, 0.25) is 0 Å². The van der Waals surface area contributed by atoms with Crippen molar-refractivity contribution < 1.29 is 44.5 Å². The first kappa shape index (κ1) is 25.1. The van der Waals surface area contributed by atoms with E-state index in [0.29, 0.717) is 11.8 Å². The van der Waals surface area contributed by atoms with Gasteiger partial charge in [0.05, 0.1) is 0 Å². The molecular weight excluding hydrogens is 562 g/mol. The first-order valence-electron chi connectivity index (χ1n) is 9.40. The molecule has 0 saturated heterocycles. The number of allylic oxidation sites excluding steroid dienone is 5. The van der Waals surface area contributed by atoms with Crippen LogP contribution in [0.15, 0.2) is 73.0 Å². The van der Waals surface area contributed by atoms with Crippen LogP contribution in [-0.2, 0) is 19.7 Å². The molecule has 5 heteroatoms. The van der Waals surface area contributed by atoms with Crippen molar-refractivity contribution in [1.29, 1.82) is 0 Å². The number of benzene rings is 2. The van der Waals surface area contributed by atoms with Crippen LogP contribution in [0.4, 0.5) is 0 Å². The second-order valence-corrected chi connectivity index (χ2v) is 15.1. The van der Waals surface area contributed by atoms with Crippen LogP contribution in [0.25, 0.3) is 6.08 Å². The van der Waals surface area contributed by atoms with Crippen molar-refractivity contribution in [2.24, 2.45) is 5.92 Å². The Hall–Kier alpha value is -0.177. The zero-order valence-electron chi connectivity index (χ0n) is 16.9. The van der Waals surface area contributed by atoms with Gasteiger partial charge in [0, 0.05) is 0 Å². The number of hydrogen-bond acceptors (Lipinski definition) is 1. The van der Waals surface area contributed by atoms with E-state index in [1.165, 1.54) is 41.2 Å². The Morgan fingerprint density at radius 3 is 2.17 bits per heavy atom. The molecule has 0 aromatic heterocycles. The van der Waals surface area contributed by atoms with Crippen molar-refractivity contribution >= 4 is 34.1 Å². The molecule has 29 heavy (non-hydrogen) atoms. The van der Waals surface area contributed by atoms with Crippen molar-refractivity contribution in [2.75, 3.05) is 0 Å². The SMILES string of the molecule is CC1=C(C)C(C)[C]([Zr+2](=[S])[c]2ccc(Br)c3c2C=CC3c2ccccc2)=C1C.[Cl-].[Cl-]. The Bertz CT molecular complexity index is 1050. The first-order valence-corrected chi connectivity index (χ1v) is 16.1. The van der Waals surface area contributed by atoms with Gasteiger partial charge in [-0.15, -0.1) is 0 Å². The summed E-state index contributed by atoms with van der Waals surface area (Å²) in [6.07, 6.45) is 4.66. The summed E-state index contributed by atoms with van der Waals surface area (Å²) >= 11 is 1.49. The Morgan fingerprint density at radius 1 is 0.931 bits per heavy atom. The molecule has 0 saturated carbocycles. The van der Waals surface area contributed by atoms with Crippen molar-refractivity contribution in [3.8, 4) is 0 Å². The van der Waals surface area contributed by atoms with Gasteiger partial charge in [-0.1, -0.05) is 0 Å². The fraction of sp³-hybridized carbons (Fsp3) is 0.250. The van der Waals surface area contributed by atoms with E-state index in [1.807, 2.05) is 0 Å². The van der Waals surface area contributed by atoms with E-state index in [9.17, 15) is 0 Å². The van der Waals surface area contributed by atoms with Crippen molar-refractivity contribution in [2.45, 2.75) is 33.6 Å². The number of fused-ring (bicyclic) bond motifs is 1. The number of hydrogen-bond donors (Lipinski definition) is 0. The summed E-state index contributed by atoms with van der Waals surface area (Å²) in [6, 6.07) is 15.3. The zero-order chi connectivity index (χ0) is 19.3.